The number of nitrogens with zero attached hydrogens (tertiary/aromatic N) is 2. The molecule has 0 unspecified atom stereocenters. The van der Waals surface area contributed by atoms with Gasteiger partial charge in [-0.15, -0.1) is 6.58 Å². The molecule has 0 aliphatic carbocycles. The number of aryl methyl sites for hydroxylation is 1. The number of carbonyl (C=O) groups is 1. The second kappa shape index (κ2) is 11.0. The quantitative estimate of drug-likeness (QED) is 0.276. The summed E-state index contributed by atoms with van der Waals surface area (Å²) in [5.41, 5.74) is 2.97. The second-order valence-corrected chi connectivity index (χ2v) is 6.35. The summed E-state index contributed by atoms with van der Waals surface area (Å²) in [5.74, 6) is 0.571. The van der Waals surface area contributed by atoms with E-state index in [4.69, 9.17) is 12.8 Å². The van der Waals surface area contributed by atoms with Gasteiger partial charge >= 0.3 is 8.05 Å². The highest BCUT2D eigenvalue weighted by molar-refractivity contribution is 6.03. The normalized spacial score (nSPS) is 11.8. The van der Waals surface area contributed by atoms with Gasteiger partial charge in [-0.1, -0.05) is 30.3 Å². The smallest absolute Gasteiger partial charge is 0.375 e. The third-order valence-electron chi connectivity index (χ3n) is 4.43. The molecule has 144 valence electrons. The number of anilines is 1. The van der Waals surface area contributed by atoms with E-state index < -0.39 is 6.04 Å². The molecule has 0 saturated carbocycles. The molecule has 2 aromatic carbocycles. The van der Waals surface area contributed by atoms with E-state index in [-0.39, 0.29) is 5.91 Å². The SMILES string of the molecule is [B]OC=N[C@@H](Cc1cccc(CCC=C)c1)C(=O)N(C)c1ccc(OC)cc1. The summed E-state index contributed by atoms with van der Waals surface area (Å²) in [5, 5.41) is 0. The average molecular weight is 376 g/mol. The third kappa shape index (κ3) is 6.01. The molecule has 1 amide bonds. The molecule has 2 aromatic rings. The van der Waals surface area contributed by atoms with Crippen molar-refractivity contribution in [3.8, 4) is 5.75 Å². The summed E-state index contributed by atoms with van der Waals surface area (Å²) in [4.78, 5) is 18.8. The van der Waals surface area contributed by atoms with Gasteiger partial charge in [-0.2, -0.15) is 0 Å². The molecule has 6 heteroatoms. The zero-order valence-corrected chi connectivity index (χ0v) is 16.4. The predicted octanol–water partition coefficient (Wildman–Crippen LogP) is 3.52. The average Bonchev–Trinajstić information content (AvgIpc) is 2.74. The Balaban J connectivity index is 2.18. The second-order valence-electron chi connectivity index (χ2n) is 6.35. The molecule has 2 radical (unpaired) electrons. The largest absolute Gasteiger partial charge is 0.560 e. The number of benzene rings is 2. The first-order valence-corrected chi connectivity index (χ1v) is 9.06. The molecule has 5 nitrogen and oxygen atoms in total. The Morgan fingerprint density at radius 2 is 1.96 bits per heavy atom. The summed E-state index contributed by atoms with van der Waals surface area (Å²) in [6.45, 7) is 3.76. The number of allylic oxidation sites excluding steroid dienone is 1. The van der Waals surface area contributed by atoms with E-state index in [1.165, 1.54) is 5.56 Å². The first-order valence-electron chi connectivity index (χ1n) is 9.06. The van der Waals surface area contributed by atoms with E-state index >= 15 is 0 Å². The van der Waals surface area contributed by atoms with Crippen molar-refractivity contribution in [2.45, 2.75) is 25.3 Å². The highest BCUT2D eigenvalue weighted by atomic mass is 16.5. The van der Waals surface area contributed by atoms with Crippen molar-refractivity contribution in [2.75, 3.05) is 19.1 Å². The number of methoxy groups -OCH3 is 1. The summed E-state index contributed by atoms with van der Waals surface area (Å²) >= 11 is 0. The van der Waals surface area contributed by atoms with Crippen LogP contribution in [0.3, 0.4) is 0 Å². The fourth-order valence-electron chi connectivity index (χ4n) is 2.87. The van der Waals surface area contributed by atoms with E-state index in [0.717, 1.165) is 36.2 Å². The Hall–Kier alpha value is -3.02. The molecule has 0 aliphatic heterocycles. The highest BCUT2D eigenvalue weighted by Crippen LogP contribution is 2.20. The predicted molar refractivity (Wildman–Crippen MR) is 114 cm³/mol. The van der Waals surface area contributed by atoms with Crippen LogP contribution >= 0.6 is 0 Å². The van der Waals surface area contributed by atoms with E-state index in [0.29, 0.717) is 6.42 Å². The number of aliphatic imine (C=N–C) groups is 1. The minimum absolute atomic E-state index is 0.157. The molecule has 0 N–H and O–H groups in total. The Morgan fingerprint density at radius 3 is 2.61 bits per heavy atom. The van der Waals surface area contributed by atoms with Crippen LogP contribution in [0.1, 0.15) is 17.5 Å². The fraction of sp³-hybridized carbons (Fsp3) is 0.273. The minimum Gasteiger partial charge on any atom is -0.560 e. The summed E-state index contributed by atoms with van der Waals surface area (Å²) in [6.07, 6.45) is 5.26. The lowest BCUT2D eigenvalue weighted by atomic mass is 10.0. The van der Waals surface area contributed by atoms with Gasteiger partial charge in [0.1, 0.15) is 11.8 Å². The van der Waals surface area contributed by atoms with E-state index in [1.54, 1.807) is 19.1 Å². The van der Waals surface area contributed by atoms with Crippen LogP contribution in [0.4, 0.5) is 5.69 Å². The van der Waals surface area contributed by atoms with Crippen molar-refractivity contribution in [1.29, 1.82) is 0 Å². The van der Waals surface area contributed by atoms with Crippen LogP contribution in [0.15, 0.2) is 66.2 Å². The van der Waals surface area contributed by atoms with Crippen LogP contribution in [0.2, 0.25) is 0 Å². The van der Waals surface area contributed by atoms with Crippen molar-refractivity contribution in [3.63, 3.8) is 0 Å². The van der Waals surface area contributed by atoms with Crippen LogP contribution in [-0.4, -0.2) is 40.6 Å². The maximum atomic E-state index is 13.0. The molecule has 0 bridgehead atoms. The van der Waals surface area contributed by atoms with Gasteiger partial charge in [0.2, 0.25) is 0 Å². The zero-order chi connectivity index (χ0) is 20.4. The number of rotatable bonds is 10. The number of ether oxygens (including phenoxy) is 1. The number of hydrogen-bond acceptors (Lipinski definition) is 4. The molecule has 28 heavy (non-hydrogen) atoms. The molecular weight excluding hydrogens is 351 g/mol. The van der Waals surface area contributed by atoms with Crippen LogP contribution in [0, 0.1) is 0 Å². The molecule has 0 saturated heterocycles. The van der Waals surface area contributed by atoms with Gasteiger partial charge in [0.15, 0.2) is 6.40 Å². The lowest BCUT2D eigenvalue weighted by Gasteiger charge is -2.22. The molecule has 0 heterocycles. The van der Waals surface area contributed by atoms with Gasteiger partial charge in [-0.3, -0.25) is 4.79 Å². The van der Waals surface area contributed by atoms with E-state index in [1.807, 2.05) is 42.5 Å². The Bertz CT molecular complexity index is 806. The Labute approximate surface area is 168 Å². The molecule has 0 spiro atoms. The van der Waals surface area contributed by atoms with Gasteiger partial charge in [-0.05, 0) is 48.2 Å². The summed E-state index contributed by atoms with van der Waals surface area (Å²) in [7, 11) is 8.39. The highest BCUT2D eigenvalue weighted by Gasteiger charge is 2.23. The maximum absolute atomic E-state index is 13.0. The number of amides is 1. The lowest BCUT2D eigenvalue weighted by molar-refractivity contribution is -0.119. The Kier molecular flexibility index (Phi) is 8.34. The molecule has 0 fully saturated rings. The van der Waals surface area contributed by atoms with Crippen LogP contribution in [-0.2, 0) is 22.3 Å². The van der Waals surface area contributed by atoms with Crippen LogP contribution in [0.5, 0.6) is 5.75 Å². The van der Waals surface area contributed by atoms with E-state index in [9.17, 15) is 4.79 Å². The maximum Gasteiger partial charge on any atom is 0.375 e. The fourth-order valence-corrected chi connectivity index (χ4v) is 2.87. The van der Waals surface area contributed by atoms with Gasteiger partial charge in [0, 0.05) is 19.2 Å². The standard InChI is InChI=1S/C22H25BN2O3/c1-4-5-7-17-8-6-9-18(14-17)15-21(24-16-28-23)22(26)25(2)19-10-12-20(27-3)13-11-19/h4,6,8-14,16,21H,1,5,7,15H2,2-3H3/t21-/m0/s1. The monoisotopic (exact) mass is 376 g/mol. The third-order valence-corrected chi connectivity index (χ3v) is 4.43. The van der Waals surface area contributed by atoms with Crippen molar-refractivity contribution >= 4 is 26.0 Å². The molecule has 0 aromatic heterocycles. The number of carbonyl (C=O) groups excluding carboxylic acids is 1. The zero-order valence-electron chi connectivity index (χ0n) is 16.4. The van der Waals surface area contributed by atoms with Crippen LogP contribution in [0.25, 0.3) is 0 Å². The van der Waals surface area contributed by atoms with Crippen LogP contribution < -0.4 is 9.64 Å². The molecule has 2 rings (SSSR count). The van der Waals surface area contributed by atoms with Gasteiger partial charge in [0.05, 0.1) is 7.11 Å². The molecular formula is C22H25BN2O3. The van der Waals surface area contributed by atoms with Crippen molar-refractivity contribution in [1.82, 2.24) is 0 Å². The van der Waals surface area contributed by atoms with Crippen molar-refractivity contribution in [2.24, 2.45) is 4.99 Å². The van der Waals surface area contributed by atoms with Gasteiger partial charge in [0.25, 0.3) is 5.91 Å². The number of hydrogen-bond donors (Lipinski definition) is 0. The van der Waals surface area contributed by atoms with Crippen molar-refractivity contribution in [3.05, 3.63) is 72.3 Å². The van der Waals surface area contributed by atoms with Crippen molar-refractivity contribution < 1.29 is 14.2 Å². The molecule has 0 aliphatic rings. The number of likely N-dealkylation sites (N-methyl/N-ethyl adjacent to an activating group) is 1. The van der Waals surface area contributed by atoms with Gasteiger partial charge < -0.3 is 14.3 Å². The summed E-state index contributed by atoms with van der Waals surface area (Å²) in [6, 6.07) is 14.8. The topological polar surface area (TPSA) is 51.1 Å². The molecule has 1 atom stereocenters. The Morgan fingerprint density at radius 1 is 1.25 bits per heavy atom. The summed E-state index contributed by atoms with van der Waals surface area (Å²) < 4.78 is 9.63. The first kappa shape index (κ1) is 21.3. The van der Waals surface area contributed by atoms with E-state index in [2.05, 4.69) is 28.4 Å². The van der Waals surface area contributed by atoms with Gasteiger partial charge in [-0.25, -0.2) is 4.99 Å². The minimum atomic E-state index is -0.648. The first-order chi connectivity index (χ1) is 13.6. The lowest BCUT2D eigenvalue weighted by Crippen LogP contribution is -2.37.